The monoisotopic (exact) mass is 341 g/mol. The molecule has 0 spiro atoms. The van der Waals surface area contributed by atoms with Crippen LogP contribution in [0, 0.1) is 5.92 Å². The second-order valence-electron chi connectivity index (χ2n) is 4.80. The van der Waals surface area contributed by atoms with Gasteiger partial charge in [0.1, 0.15) is 5.75 Å². The third-order valence-corrected chi connectivity index (χ3v) is 3.97. The predicted octanol–water partition coefficient (Wildman–Crippen LogP) is 1.93. The van der Waals surface area contributed by atoms with Crippen LogP contribution >= 0.6 is 15.9 Å². The van der Waals surface area contributed by atoms with E-state index in [1.165, 1.54) is 0 Å². The molecule has 0 aromatic heterocycles. The molecule has 0 bridgehead atoms. The van der Waals surface area contributed by atoms with Gasteiger partial charge in [-0.1, -0.05) is 15.9 Å². The molecule has 2 rings (SSSR count). The Kier molecular flexibility index (Phi) is 4.65. The SMILES string of the molecule is COc1ccc(Br)cc1CC(=O)N1CC[C@H](C(=O)O)C1. The van der Waals surface area contributed by atoms with Crippen molar-refractivity contribution in [1.82, 2.24) is 4.90 Å². The van der Waals surface area contributed by atoms with E-state index < -0.39 is 11.9 Å². The third-order valence-electron chi connectivity index (χ3n) is 3.47. The number of amides is 1. The number of likely N-dealkylation sites (tertiary alicyclic amines) is 1. The molecule has 1 amide bonds. The summed E-state index contributed by atoms with van der Waals surface area (Å²) in [5.41, 5.74) is 0.797. The number of rotatable bonds is 4. The highest BCUT2D eigenvalue weighted by Crippen LogP contribution is 2.25. The number of benzene rings is 1. The van der Waals surface area contributed by atoms with Crippen LogP contribution in [0.1, 0.15) is 12.0 Å². The molecule has 5 nitrogen and oxygen atoms in total. The van der Waals surface area contributed by atoms with Crippen molar-refractivity contribution >= 4 is 27.8 Å². The van der Waals surface area contributed by atoms with Crippen LogP contribution in [0.25, 0.3) is 0 Å². The van der Waals surface area contributed by atoms with Crippen LogP contribution < -0.4 is 4.74 Å². The molecule has 20 heavy (non-hydrogen) atoms. The molecule has 0 saturated carbocycles. The Balaban J connectivity index is 2.05. The lowest BCUT2D eigenvalue weighted by Crippen LogP contribution is -2.31. The first-order valence-electron chi connectivity index (χ1n) is 6.34. The van der Waals surface area contributed by atoms with E-state index in [0.717, 1.165) is 10.0 Å². The van der Waals surface area contributed by atoms with Crippen molar-refractivity contribution in [1.29, 1.82) is 0 Å². The van der Waals surface area contributed by atoms with E-state index in [1.807, 2.05) is 12.1 Å². The lowest BCUT2D eigenvalue weighted by atomic mass is 10.1. The maximum atomic E-state index is 12.2. The average Bonchev–Trinajstić information content (AvgIpc) is 2.89. The average molecular weight is 342 g/mol. The summed E-state index contributed by atoms with van der Waals surface area (Å²) >= 11 is 3.37. The molecule has 1 saturated heterocycles. The van der Waals surface area contributed by atoms with Gasteiger partial charge in [-0.25, -0.2) is 0 Å². The highest BCUT2D eigenvalue weighted by atomic mass is 79.9. The molecule has 108 valence electrons. The highest BCUT2D eigenvalue weighted by Gasteiger charge is 2.30. The molecular weight excluding hydrogens is 326 g/mol. The fraction of sp³-hybridized carbons (Fsp3) is 0.429. The number of carboxylic acid groups (broad SMARTS) is 1. The van der Waals surface area contributed by atoms with Crippen LogP contribution in [-0.2, 0) is 16.0 Å². The zero-order valence-corrected chi connectivity index (χ0v) is 12.7. The van der Waals surface area contributed by atoms with Crippen LogP contribution in [0.15, 0.2) is 22.7 Å². The van der Waals surface area contributed by atoms with Crippen molar-refractivity contribution < 1.29 is 19.4 Å². The number of hydrogen-bond donors (Lipinski definition) is 1. The number of hydrogen-bond acceptors (Lipinski definition) is 3. The molecule has 0 unspecified atom stereocenters. The van der Waals surface area contributed by atoms with Gasteiger partial charge in [0.25, 0.3) is 0 Å². The standard InChI is InChI=1S/C14H16BrNO4/c1-20-12-3-2-11(15)6-10(12)7-13(17)16-5-4-9(8-16)14(18)19/h2-3,6,9H,4-5,7-8H2,1H3,(H,18,19)/t9-/m0/s1. The van der Waals surface area contributed by atoms with Crippen molar-refractivity contribution in [2.24, 2.45) is 5.92 Å². The zero-order valence-electron chi connectivity index (χ0n) is 11.1. The molecule has 0 aliphatic carbocycles. The highest BCUT2D eigenvalue weighted by molar-refractivity contribution is 9.10. The van der Waals surface area contributed by atoms with Crippen LogP contribution in [0.2, 0.25) is 0 Å². The Bertz CT molecular complexity index is 532. The molecule has 1 N–H and O–H groups in total. The number of aliphatic carboxylic acids is 1. The lowest BCUT2D eigenvalue weighted by molar-refractivity contribution is -0.141. The van der Waals surface area contributed by atoms with Gasteiger partial charge in [0.15, 0.2) is 0 Å². The molecule has 1 aromatic carbocycles. The zero-order chi connectivity index (χ0) is 14.7. The number of halogens is 1. The number of methoxy groups -OCH3 is 1. The summed E-state index contributed by atoms with van der Waals surface area (Å²) < 4.78 is 6.12. The third kappa shape index (κ3) is 3.30. The summed E-state index contributed by atoms with van der Waals surface area (Å²) in [7, 11) is 1.56. The van der Waals surface area contributed by atoms with Crippen molar-refractivity contribution in [3.8, 4) is 5.75 Å². The van der Waals surface area contributed by atoms with Gasteiger partial charge in [0.05, 0.1) is 19.4 Å². The van der Waals surface area contributed by atoms with E-state index in [2.05, 4.69) is 15.9 Å². The van der Waals surface area contributed by atoms with E-state index in [1.54, 1.807) is 18.1 Å². The first-order chi connectivity index (χ1) is 9.51. The summed E-state index contributed by atoms with van der Waals surface area (Å²) in [6.45, 7) is 0.802. The number of ether oxygens (including phenoxy) is 1. The normalized spacial score (nSPS) is 18.1. The summed E-state index contributed by atoms with van der Waals surface area (Å²) in [5.74, 6) is -0.677. The van der Waals surface area contributed by atoms with Gasteiger partial charge < -0.3 is 14.7 Å². The maximum Gasteiger partial charge on any atom is 0.308 e. The van der Waals surface area contributed by atoms with Crippen molar-refractivity contribution in [3.63, 3.8) is 0 Å². The van der Waals surface area contributed by atoms with E-state index in [4.69, 9.17) is 9.84 Å². The van der Waals surface area contributed by atoms with Crippen LogP contribution in [0.3, 0.4) is 0 Å². The largest absolute Gasteiger partial charge is 0.496 e. The van der Waals surface area contributed by atoms with Crippen LogP contribution in [0.5, 0.6) is 5.75 Å². The number of carbonyl (C=O) groups is 2. The minimum Gasteiger partial charge on any atom is -0.496 e. The summed E-state index contributed by atoms with van der Waals surface area (Å²) in [4.78, 5) is 24.7. The van der Waals surface area contributed by atoms with Crippen LogP contribution in [0.4, 0.5) is 0 Å². The summed E-state index contributed by atoms with van der Waals surface area (Å²) in [6.07, 6.45) is 0.742. The fourth-order valence-electron chi connectivity index (χ4n) is 2.35. The topological polar surface area (TPSA) is 66.8 Å². The molecular formula is C14H16BrNO4. The van der Waals surface area contributed by atoms with E-state index in [9.17, 15) is 9.59 Å². The summed E-state index contributed by atoms with van der Waals surface area (Å²) in [5, 5.41) is 8.96. The smallest absolute Gasteiger partial charge is 0.308 e. The second kappa shape index (κ2) is 6.26. The van der Waals surface area contributed by atoms with Crippen molar-refractivity contribution in [3.05, 3.63) is 28.2 Å². The van der Waals surface area contributed by atoms with Crippen molar-refractivity contribution in [2.45, 2.75) is 12.8 Å². The number of nitrogens with zero attached hydrogens (tertiary/aromatic N) is 1. The van der Waals surface area contributed by atoms with E-state index in [0.29, 0.717) is 25.3 Å². The quantitative estimate of drug-likeness (QED) is 0.908. The van der Waals surface area contributed by atoms with Gasteiger partial charge in [0, 0.05) is 23.1 Å². The Morgan fingerprint density at radius 1 is 1.50 bits per heavy atom. The summed E-state index contributed by atoms with van der Waals surface area (Å²) in [6, 6.07) is 5.50. The molecule has 1 aliphatic rings. The van der Waals surface area contributed by atoms with Gasteiger partial charge in [-0.15, -0.1) is 0 Å². The Hall–Kier alpha value is -1.56. The molecule has 0 radical (unpaired) electrons. The molecule has 1 fully saturated rings. The van der Waals surface area contributed by atoms with Gasteiger partial charge in [-0.05, 0) is 24.6 Å². The second-order valence-corrected chi connectivity index (χ2v) is 5.71. The number of carboxylic acids is 1. The molecule has 1 heterocycles. The Morgan fingerprint density at radius 3 is 2.85 bits per heavy atom. The molecule has 1 atom stereocenters. The maximum absolute atomic E-state index is 12.2. The molecule has 6 heteroatoms. The van der Waals surface area contributed by atoms with Gasteiger partial charge >= 0.3 is 5.97 Å². The lowest BCUT2D eigenvalue weighted by Gasteiger charge is -2.17. The van der Waals surface area contributed by atoms with Gasteiger partial charge in [0.2, 0.25) is 5.91 Å². The minimum atomic E-state index is -0.833. The Morgan fingerprint density at radius 2 is 2.25 bits per heavy atom. The predicted molar refractivity (Wildman–Crippen MR) is 76.7 cm³/mol. The fourth-order valence-corrected chi connectivity index (χ4v) is 2.76. The number of carbonyl (C=O) groups excluding carboxylic acids is 1. The Labute approximate surface area is 125 Å². The van der Waals surface area contributed by atoms with Crippen molar-refractivity contribution in [2.75, 3.05) is 20.2 Å². The molecule has 1 aliphatic heterocycles. The van der Waals surface area contributed by atoms with E-state index in [-0.39, 0.29) is 12.3 Å². The first-order valence-corrected chi connectivity index (χ1v) is 7.13. The molecule has 1 aromatic rings. The van der Waals surface area contributed by atoms with Gasteiger partial charge in [-0.3, -0.25) is 9.59 Å². The van der Waals surface area contributed by atoms with Crippen LogP contribution in [-0.4, -0.2) is 42.1 Å². The van der Waals surface area contributed by atoms with Gasteiger partial charge in [-0.2, -0.15) is 0 Å². The minimum absolute atomic E-state index is 0.0647. The first kappa shape index (κ1) is 14.8. The van der Waals surface area contributed by atoms with E-state index >= 15 is 0 Å².